The first-order valence-corrected chi connectivity index (χ1v) is 13.0. The van der Waals surface area contributed by atoms with Gasteiger partial charge in [-0.1, -0.05) is 44.2 Å². The molecule has 2 atom stereocenters. The first kappa shape index (κ1) is 24.3. The number of amides is 3. The van der Waals surface area contributed by atoms with E-state index in [0.29, 0.717) is 44.1 Å². The molecule has 6 rings (SSSR count). The summed E-state index contributed by atoms with van der Waals surface area (Å²) < 4.78 is 1.75. The van der Waals surface area contributed by atoms with Crippen LogP contribution in [0.25, 0.3) is 0 Å². The second-order valence-electron chi connectivity index (χ2n) is 11.6. The topological polar surface area (TPSA) is 129 Å². The molecule has 11 nitrogen and oxygen atoms in total. The number of aromatic nitrogens is 5. The van der Waals surface area contributed by atoms with E-state index < -0.39 is 11.3 Å². The maximum Gasteiger partial charge on any atom is 0.257 e. The van der Waals surface area contributed by atoms with Crippen molar-refractivity contribution in [3.05, 3.63) is 66.0 Å². The first-order chi connectivity index (χ1) is 18.2. The third-order valence-electron chi connectivity index (χ3n) is 8.35. The van der Waals surface area contributed by atoms with Gasteiger partial charge in [0.15, 0.2) is 0 Å². The Kier molecular flexibility index (Phi) is 5.81. The van der Waals surface area contributed by atoms with Gasteiger partial charge >= 0.3 is 0 Å². The number of likely N-dealkylation sites (tertiary alicyclic amines) is 2. The molecule has 2 N–H and O–H groups in total. The van der Waals surface area contributed by atoms with Crippen LogP contribution in [0.4, 0.5) is 0 Å². The molecule has 4 heterocycles. The van der Waals surface area contributed by atoms with E-state index in [-0.39, 0.29) is 35.6 Å². The highest BCUT2D eigenvalue weighted by atomic mass is 16.2. The normalized spacial score (nSPS) is 22.8. The third-order valence-corrected chi connectivity index (χ3v) is 8.35. The molecule has 198 valence electrons. The molecular weight excluding hydrogens is 484 g/mol. The first-order valence-electron chi connectivity index (χ1n) is 13.0. The van der Waals surface area contributed by atoms with Crippen molar-refractivity contribution in [2.24, 2.45) is 22.7 Å². The molecule has 3 aromatic rings. The Morgan fingerprint density at radius 3 is 2.50 bits per heavy atom. The van der Waals surface area contributed by atoms with Gasteiger partial charge in [0, 0.05) is 43.7 Å². The monoisotopic (exact) mass is 516 g/mol. The van der Waals surface area contributed by atoms with Gasteiger partial charge in [-0.05, 0) is 17.4 Å². The van der Waals surface area contributed by atoms with E-state index in [1.807, 2.05) is 35.2 Å². The summed E-state index contributed by atoms with van der Waals surface area (Å²) in [4.78, 5) is 47.5. The average Bonchev–Trinajstić information content (AvgIpc) is 3.39. The fourth-order valence-corrected chi connectivity index (χ4v) is 5.91. The number of H-pyrrole nitrogens is 1. The van der Waals surface area contributed by atoms with Crippen molar-refractivity contribution in [3.63, 3.8) is 0 Å². The van der Waals surface area contributed by atoms with Crippen LogP contribution in [0.2, 0.25) is 0 Å². The van der Waals surface area contributed by atoms with E-state index in [9.17, 15) is 14.4 Å². The molecule has 11 heteroatoms. The van der Waals surface area contributed by atoms with Gasteiger partial charge < -0.3 is 15.1 Å². The molecule has 2 saturated heterocycles. The quantitative estimate of drug-likeness (QED) is 0.487. The Morgan fingerprint density at radius 2 is 1.82 bits per heavy atom. The molecule has 0 radical (unpaired) electrons. The molecule has 3 fully saturated rings. The van der Waals surface area contributed by atoms with E-state index in [1.54, 1.807) is 22.0 Å². The van der Waals surface area contributed by atoms with Crippen LogP contribution in [0.15, 0.2) is 49.1 Å². The second kappa shape index (κ2) is 9.07. The third kappa shape index (κ3) is 4.46. The summed E-state index contributed by atoms with van der Waals surface area (Å²) in [6, 6.07) is 9.94. The molecule has 1 saturated carbocycles. The van der Waals surface area contributed by atoms with Crippen LogP contribution in [0.3, 0.4) is 0 Å². The molecule has 0 unspecified atom stereocenters. The zero-order chi connectivity index (χ0) is 26.5. The summed E-state index contributed by atoms with van der Waals surface area (Å²) >= 11 is 0. The average molecular weight is 517 g/mol. The van der Waals surface area contributed by atoms with Crippen LogP contribution >= 0.6 is 0 Å². The number of hydrogen-bond acceptors (Lipinski definition) is 6. The Hall–Kier alpha value is -4.02. The van der Waals surface area contributed by atoms with Gasteiger partial charge in [-0.15, -0.1) is 0 Å². The van der Waals surface area contributed by atoms with E-state index in [2.05, 4.69) is 39.4 Å². The lowest BCUT2D eigenvalue weighted by molar-refractivity contribution is -0.151. The predicted octanol–water partition coefficient (Wildman–Crippen LogP) is 1.31. The van der Waals surface area contributed by atoms with Crippen molar-refractivity contribution in [1.82, 2.24) is 40.1 Å². The lowest BCUT2D eigenvalue weighted by atomic mass is 9.71. The highest BCUT2D eigenvalue weighted by molar-refractivity contribution is 5.95. The van der Waals surface area contributed by atoms with Crippen molar-refractivity contribution < 1.29 is 14.4 Å². The van der Waals surface area contributed by atoms with Crippen molar-refractivity contribution in [2.75, 3.05) is 26.2 Å². The lowest BCUT2D eigenvalue weighted by Crippen LogP contribution is -2.64. The maximum absolute atomic E-state index is 13.5. The van der Waals surface area contributed by atoms with E-state index in [4.69, 9.17) is 0 Å². The number of hydrogen-bond donors (Lipinski definition) is 2. The smallest absolute Gasteiger partial charge is 0.257 e. The minimum Gasteiger partial charge on any atom is -0.349 e. The number of nitrogens with zero attached hydrogens (tertiary/aromatic N) is 6. The standard InChI is InChI=1S/C27H32N8O3/c1-26(2)8-20(26)25(38)34-15-27(16-34)14-33(13-21(27)23(36)28-10-22-29-17-30-32-22)24(37)19-9-31-35(12-19)11-18-6-4-3-5-7-18/h3-7,9,12,17,20-21H,8,10-11,13-16H2,1-2H3,(H,28,36)(H,29,30,32)/t20-,21+/m1/s1. The molecule has 3 amide bonds. The summed E-state index contributed by atoms with van der Waals surface area (Å²) in [6.07, 6.45) is 5.63. The largest absolute Gasteiger partial charge is 0.349 e. The van der Waals surface area contributed by atoms with E-state index in [0.717, 1.165) is 12.0 Å². The Labute approximate surface area is 220 Å². The van der Waals surface area contributed by atoms with Gasteiger partial charge in [-0.3, -0.25) is 24.2 Å². The number of carbonyl (C=O) groups excluding carboxylic acids is 3. The van der Waals surface area contributed by atoms with Gasteiger partial charge in [0.25, 0.3) is 5.91 Å². The van der Waals surface area contributed by atoms with Crippen LogP contribution in [-0.4, -0.2) is 78.7 Å². The summed E-state index contributed by atoms with van der Waals surface area (Å²) in [5.41, 5.74) is 1.17. The van der Waals surface area contributed by atoms with Crippen molar-refractivity contribution in [1.29, 1.82) is 0 Å². The molecule has 0 bridgehead atoms. The number of benzene rings is 1. The Bertz CT molecular complexity index is 1340. The van der Waals surface area contributed by atoms with Crippen LogP contribution in [0.5, 0.6) is 0 Å². The summed E-state index contributed by atoms with van der Waals surface area (Å²) in [7, 11) is 0. The minimum absolute atomic E-state index is 0.0469. The van der Waals surface area contributed by atoms with Crippen molar-refractivity contribution >= 4 is 17.7 Å². The minimum atomic E-state index is -0.462. The molecule has 1 aromatic carbocycles. The number of nitrogens with one attached hydrogen (secondary N) is 2. The number of carbonyl (C=O) groups is 3. The van der Waals surface area contributed by atoms with E-state index in [1.165, 1.54) is 6.33 Å². The maximum atomic E-state index is 13.5. The second-order valence-corrected chi connectivity index (χ2v) is 11.6. The highest BCUT2D eigenvalue weighted by Gasteiger charge is 2.61. The fourth-order valence-electron chi connectivity index (χ4n) is 5.91. The van der Waals surface area contributed by atoms with Gasteiger partial charge in [0.05, 0.1) is 30.8 Å². The molecule has 2 aromatic heterocycles. The van der Waals surface area contributed by atoms with Crippen molar-refractivity contribution in [2.45, 2.75) is 33.4 Å². The molecular formula is C27H32N8O3. The van der Waals surface area contributed by atoms with Gasteiger partial charge in [0.1, 0.15) is 12.2 Å². The Balaban J connectivity index is 1.16. The summed E-state index contributed by atoms with van der Waals surface area (Å²) in [5.74, 6) is 0.0507. The highest BCUT2D eigenvalue weighted by Crippen LogP contribution is 2.54. The predicted molar refractivity (Wildman–Crippen MR) is 136 cm³/mol. The molecule has 38 heavy (non-hydrogen) atoms. The Morgan fingerprint density at radius 1 is 1.08 bits per heavy atom. The number of rotatable bonds is 7. The van der Waals surface area contributed by atoms with Gasteiger partial charge in [-0.25, -0.2) is 4.98 Å². The fraction of sp³-hybridized carbons (Fsp3) is 0.481. The van der Waals surface area contributed by atoms with Crippen molar-refractivity contribution in [3.8, 4) is 0 Å². The molecule has 1 spiro atoms. The molecule has 1 aliphatic carbocycles. The van der Waals surface area contributed by atoms with Gasteiger partial charge in [-0.2, -0.15) is 10.2 Å². The summed E-state index contributed by atoms with van der Waals surface area (Å²) in [5, 5.41) is 13.9. The van der Waals surface area contributed by atoms with Crippen LogP contribution in [0, 0.1) is 22.7 Å². The number of aromatic amines is 1. The molecule has 3 aliphatic rings. The zero-order valence-corrected chi connectivity index (χ0v) is 21.6. The van der Waals surface area contributed by atoms with Gasteiger partial charge in [0.2, 0.25) is 11.8 Å². The van der Waals surface area contributed by atoms with Crippen LogP contribution in [0.1, 0.15) is 42.0 Å². The summed E-state index contributed by atoms with van der Waals surface area (Å²) in [6.45, 7) is 6.70. The van der Waals surface area contributed by atoms with E-state index >= 15 is 0 Å². The van der Waals surface area contributed by atoms with Crippen LogP contribution < -0.4 is 5.32 Å². The zero-order valence-electron chi connectivity index (χ0n) is 21.6. The SMILES string of the molecule is CC1(C)C[C@@H]1C(=O)N1CC2(CN(C(=O)c3cnn(Cc4ccccc4)c3)C[C@H]2C(=O)NCc2ncn[nH]2)C1. The molecule has 2 aliphatic heterocycles. The van der Waals surface area contributed by atoms with Crippen LogP contribution in [-0.2, 0) is 22.7 Å². The lowest BCUT2D eigenvalue weighted by Gasteiger charge is -2.50.